The van der Waals surface area contributed by atoms with Crippen LogP contribution in [0.4, 0.5) is 52.7 Å². The average molecular weight is 1540 g/mol. The average Bonchev–Trinajstić information content (AvgIpc) is 1.57. The fourth-order valence-electron chi connectivity index (χ4n) is 15.1. The van der Waals surface area contributed by atoms with E-state index < -0.39 is 57.8 Å². The van der Waals surface area contributed by atoms with Crippen LogP contribution in [0.5, 0.6) is 0 Å². The van der Waals surface area contributed by atoms with Crippen LogP contribution in [0.1, 0.15) is 100 Å². The molecule has 0 aliphatic heterocycles. The van der Waals surface area contributed by atoms with E-state index in [0.717, 1.165) is 61.4 Å². The minimum atomic E-state index is -5.18. The molecule has 0 saturated heterocycles. The molecule has 0 radical (unpaired) electrons. The van der Waals surface area contributed by atoms with Crippen molar-refractivity contribution in [2.75, 3.05) is 0 Å². The molecule has 0 bridgehead atoms. The Bertz CT molecular complexity index is 6210. The molecule has 0 aliphatic rings. The maximum atomic E-state index is 15.0. The molecule has 12 aromatic carbocycles. The van der Waals surface area contributed by atoms with Crippen molar-refractivity contribution in [2.24, 2.45) is 0 Å². The zero-order valence-corrected chi connectivity index (χ0v) is 62.5. The topological polar surface area (TPSA) is 87.2 Å². The fraction of sp³-hybridized carbons (Fsp3) is 0.170. The van der Waals surface area contributed by atoms with Crippen molar-refractivity contribution in [3.63, 3.8) is 0 Å². The monoisotopic (exact) mass is 1540 g/mol. The highest BCUT2D eigenvalue weighted by Crippen LogP contribution is 2.48. The van der Waals surface area contributed by atoms with Gasteiger partial charge in [0.15, 0.2) is 34.9 Å². The highest BCUT2D eigenvalue weighted by Gasteiger charge is 2.40. The van der Waals surface area contributed by atoms with Crippen LogP contribution in [0.2, 0.25) is 0 Å². The lowest BCUT2D eigenvalue weighted by Gasteiger charge is -2.32. The summed E-state index contributed by atoms with van der Waals surface area (Å²) in [5.74, 6) is 0.908. The van der Waals surface area contributed by atoms with E-state index in [1.165, 1.54) is 0 Å². The molecule has 0 amide bonds. The SMILES string of the molecule is CC(C)(C)c1ccc2c3ccc(C(C)(C)CCC(C)(C)c4ccc5c(c4)c4ccccc4n5-c4ccc(-c5nc(-c6ccccc6)nc(-c6ccccc6)n5)c(-c5cc(C(F)(F)F)cc(C(F)(F)F)c5)c4)cc3n(-c3ccc(-c4nc(-c5ccccc5)nc(-c5ccccc5)n4)c(-c4cc(C(F)(F)F)cc(C(F)(F)F)c4)c3)c2c1. The van der Waals surface area contributed by atoms with Crippen LogP contribution < -0.4 is 0 Å². The van der Waals surface area contributed by atoms with E-state index in [1.54, 1.807) is 133 Å². The van der Waals surface area contributed by atoms with Gasteiger partial charge in [0.05, 0.1) is 44.3 Å². The lowest BCUT2D eigenvalue weighted by atomic mass is 9.72. The first-order valence-electron chi connectivity index (χ1n) is 36.9. The van der Waals surface area contributed by atoms with E-state index in [4.69, 9.17) is 29.9 Å². The molecule has 8 nitrogen and oxygen atoms in total. The van der Waals surface area contributed by atoms with Crippen molar-refractivity contribution in [1.82, 2.24) is 39.0 Å². The smallest absolute Gasteiger partial charge is 0.309 e. The van der Waals surface area contributed by atoms with Crippen LogP contribution >= 0.6 is 0 Å². The van der Waals surface area contributed by atoms with E-state index in [0.29, 0.717) is 69.6 Å². The second-order valence-electron chi connectivity index (χ2n) is 31.0. The predicted molar refractivity (Wildman–Crippen MR) is 426 cm³/mol. The maximum absolute atomic E-state index is 15.0. The Morgan fingerprint density at radius 1 is 0.228 bits per heavy atom. The van der Waals surface area contributed by atoms with E-state index in [-0.39, 0.29) is 85.9 Å². The molecule has 0 spiro atoms. The van der Waals surface area contributed by atoms with Gasteiger partial charge in [0.25, 0.3) is 0 Å². The highest BCUT2D eigenvalue weighted by molar-refractivity contribution is 6.11. The van der Waals surface area contributed by atoms with Gasteiger partial charge in [-0.1, -0.05) is 218 Å². The molecule has 16 aromatic rings. The van der Waals surface area contributed by atoms with Crippen molar-refractivity contribution >= 4 is 43.6 Å². The molecule has 0 aliphatic carbocycles. The van der Waals surface area contributed by atoms with Gasteiger partial charge in [-0.3, -0.25) is 0 Å². The normalized spacial score (nSPS) is 12.8. The summed E-state index contributed by atoms with van der Waals surface area (Å²) in [6, 6.07) is 75.3. The summed E-state index contributed by atoms with van der Waals surface area (Å²) in [5, 5.41) is 3.35. The Morgan fingerprint density at radius 2 is 0.535 bits per heavy atom. The van der Waals surface area contributed by atoms with E-state index in [9.17, 15) is 26.3 Å². The van der Waals surface area contributed by atoms with E-state index in [1.807, 2.05) is 75.9 Å². The summed E-state index contributed by atoms with van der Waals surface area (Å²) in [6.07, 6.45) is -19.4. The molecule has 0 fully saturated rings. The molecular formula is C94H70F12N8. The van der Waals surface area contributed by atoms with Crippen LogP contribution in [0.25, 0.3) is 146 Å². The summed E-state index contributed by atoms with van der Waals surface area (Å²) < 4.78 is 183. The van der Waals surface area contributed by atoms with Crippen LogP contribution in [0, 0.1) is 0 Å². The molecule has 570 valence electrons. The van der Waals surface area contributed by atoms with Gasteiger partial charge in [-0.2, -0.15) is 52.7 Å². The first-order valence-corrected chi connectivity index (χ1v) is 36.9. The quantitative estimate of drug-likeness (QED) is 0.0951. The summed E-state index contributed by atoms with van der Waals surface area (Å²) >= 11 is 0. The molecule has 4 aromatic heterocycles. The Hall–Kier alpha value is -12.6. The van der Waals surface area contributed by atoms with Crippen molar-refractivity contribution in [3.8, 4) is 102 Å². The van der Waals surface area contributed by atoms with Crippen molar-refractivity contribution < 1.29 is 52.7 Å². The van der Waals surface area contributed by atoms with Gasteiger partial charge in [-0.05, 0) is 171 Å². The van der Waals surface area contributed by atoms with Crippen LogP contribution in [0.15, 0.2) is 273 Å². The van der Waals surface area contributed by atoms with Gasteiger partial charge >= 0.3 is 24.7 Å². The lowest BCUT2D eigenvalue weighted by Crippen LogP contribution is -2.24. The lowest BCUT2D eigenvalue weighted by molar-refractivity contribution is -0.144. The molecule has 0 unspecified atom stereocenters. The molecule has 0 atom stereocenters. The Kier molecular flexibility index (Phi) is 18.7. The maximum Gasteiger partial charge on any atom is 0.416 e. The molecule has 16 rings (SSSR count). The van der Waals surface area contributed by atoms with E-state index in [2.05, 4.69) is 84.9 Å². The molecule has 4 heterocycles. The number of alkyl halides is 12. The van der Waals surface area contributed by atoms with Crippen molar-refractivity contribution in [3.05, 3.63) is 312 Å². The largest absolute Gasteiger partial charge is 0.416 e. The number of nitrogens with zero attached hydrogens (tertiary/aromatic N) is 8. The zero-order valence-electron chi connectivity index (χ0n) is 62.5. The molecule has 0 N–H and O–H groups in total. The van der Waals surface area contributed by atoms with Gasteiger partial charge < -0.3 is 9.13 Å². The number of aromatic nitrogens is 8. The second-order valence-corrected chi connectivity index (χ2v) is 31.0. The number of para-hydroxylation sites is 1. The van der Waals surface area contributed by atoms with Gasteiger partial charge in [-0.25, -0.2) is 29.9 Å². The second kappa shape index (κ2) is 28.3. The first kappa shape index (κ1) is 75.5. The Labute approximate surface area is 648 Å². The third-order valence-electron chi connectivity index (χ3n) is 21.4. The fourth-order valence-corrected chi connectivity index (χ4v) is 15.1. The van der Waals surface area contributed by atoms with Gasteiger partial charge in [-0.15, -0.1) is 0 Å². The molecule has 114 heavy (non-hydrogen) atoms. The number of hydrogen-bond donors (Lipinski definition) is 0. The van der Waals surface area contributed by atoms with Crippen LogP contribution in [-0.2, 0) is 41.0 Å². The van der Waals surface area contributed by atoms with Crippen molar-refractivity contribution in [2.45, 2.75) is 102 Å². The Balaban J connectivity index is 0.801. The number of rotatable bonds is 15. The van der Waals surface area contributed by atoms with Crippen molar-refractivity contribution in [1.29, 1.82) is 0 Å². The molecule has 20 heteroatoms. The predicted octanol–water partition coefficient (Wildman–Crippen LogP) is 27.0. The number of hydrogen-bond acceptors (Lipinski definition) is 6. The minimum Gasteiger partial charge on any atom is -0.309 e. The Morgan fingerprint density at radius 3 is 0.912 bits per heavy atom. The summed E-state index contributed by atoms with van der Waals surface area (Å²) in [7, 11) is 0. The first-order chi connectivity index (χ1) is 54.1. The molecule has 0 saturated carbocycles. The third-order valence-corrected chi connectivity index (χ3v) is 21.4. The van der Waals surface area contributed by atoms with Gasteiger partial charge in [0.1, 0.15) is 0 Å². The third kappa shape index (κ3) is 14.6. The zero-order chi connectivity index (χ0) is 80.2. The van der Waals surface area contributed by atoms with Crippen LogP contribution in [0.3, 0.4) is 0 Å². The highest BCUT2D eigenvalue weighted by atomic mass is 19.4. The summed E-state index contributed by atoms with van der Waals surface area (Å²) in [4.78, 5) is 29.2. The number of fused-ring (bicyclic) bond motifs is 6. The number of halogens is 12. The summed E-state index contributed by atoms with van der Waals surface area (Å²) in [6.45, 7) is 14.9. The standard InChI is InChI=1S/C94H70F12N8/c1-88(2,3)61-32-37-71-72-38-33-63(52-81(72)114(80(71)51-61)69-36-40-74(76(54-69)60-46-66(93(101,102)103)49-67(47-60)94(104,105)106)87-111-84(57-26-16-10-17-27-57)108-85(112-87)58-28-18-11-19-29-58)90(6,7)43-42-89(4,5)62-34-41-79-77(50-62)70-30-20-21-31-78(70)113(79)68-35-39-73(75(53-68)59-44-64(91(95,96)97)48-65(45-59)92(98,99)100)86-109-82(55-22-12-8-13-23-55)107-83(110-86)56-24-14-9-15-25-56/h8-41,44-54H,42-43H2,1-7H3. The van der Waals surface area contributed by atoms with Crippen LogP contribution in [-0.4, -0.2) is 39.0 Å². The minimum absolute atomic E-state index is 0.00617. The van der Waals surface area contributed by atoms with Gasteiger partial charge in [0, 0.05) is 66.3 Å². The van der Waals surface area contributed by atoms with E-state index >= 15 is 26.3 Å². The molecular weight excluding hydrogens is 1470 g/mol. The number of benzene rings is 12. The van der Waals surface area contributed by atoms with Gasteiger partial charge in [0.2, 0.25) is 0 Å². The summed E-state index contributed by atoms with van der Waals surface area (Å²) in [5.41, 5.74) is 1.08.